The highest BCUT2D eigenvalue weighted by molar-refractivity contribution is 5.38. The van der Waals surface area contributed by atoms with Crippen LogP contribution in [0, 0.1) is 6.92 Å². The van der Waals surface area contributed by atoms with Crippen LogP contribution in [0.25, 0.3) is 0 Å². The maximum atomic E-state index is 10.9. The lowest BCUT2D eigenvalue weighted by molar-refractivity contribution is -0.423. The van der Waals surface area contributed by atoms with Crippen molar-refractivity contribution in [1.29, 1.82) is 0 Å². The molecule has 1 aliphatic rings. The lowest BCUT2D eigenvalue weighted by atomic mass is 9.98. The van der Waals surface area contributed by atoms with Gasteiger partial charge in [0.05, 0.1) is 12.7 Å². The zero-order chi connectivity index (χ0) is 24.5. The van der Waals surface area contributed by atoms with E-state index in [1.165, 1.54) is 0 Å². The number of aromatic nitrogens is 2. The third-order valence-electron chi connectivity index (χ3n) is 5.57. The molecule has 10 heteroatoms. The van der Waals surface area contributed by atoms with Crippen molar-refractivity contribution in [2.24, 2.45) is 0 Å². The Hall–Kier alpha value is -2.21. The highest BCUT2D eigenvalue weighted by Crippen LogP contribution is 2.34. The summed E-state index contributed by atoms with van der Waals surface area (Å²) in [7, 11) is 0. The maximum absolute atomic E-state index is 10.9. The first-order chi connectivity index (χ1) is 15.5. The minimum atomic E-state index is -2.72. The van der Waals surface area contributed by atoms with Crippen molar-refractivity contribution in [2.45, 2.75) is 83.6 Å². The molecule has 1 saturated heterocycles. The first-order valence-electron chi connectivity index (χ1n) is 11.0. The van der Waals surface area contributed by atoms with Gasteiger partial charge < -0.3 is 39.7 Å². The molecule has 0 amide bonds. The van der Waals surface area contributed by atoms with E-state index in [-0.39, 0.29) is 18.0 Å². The van der Waals surface area contributed by atoms with Crippen molar-refractivity contribution >= 4 is 0 Å². The Kier molecular flexibility index (Phi) is 7.67. The van der Waals surface area contributed by atoms with Gasteiger partial charge in [-0.15, -0.1) is 5.10 Å². The van der Waals surface area contributed by atoms with Gasteiger partial charge in [-0.2, -0.15) is 0 Å². The van der Waals surface area contributed by atoms with Gasteiger partial charge in [0.1, 0.15) is 24.1 Å². The van der Waals surface area contributed by atoms with Crippen molar-refractivity contribution in [3.63, 3.8) is 0 Å². The van der Waals surface area contributed by atoms with E-state index in [2.05, 4.69) is 5.10 Å². The van der Waals surface area contributed by atoms with Gasteiger partial charge in [-0.05, 0) is 52.3 Å². The van der Waals surface area contributed by atoms with E-state index in [9.17, 15) is 25.5 Å². The summed E-state index contributed by atoms with van der Waals surface area (Å²) in [6, 6.07) is 7.53. The molecule has 10 nitrogen and oxygen atoms in total. The smallest absolute Gasteiger partial charge is 0.356 e. The highest BCUT2D eigenvalue weighted by Gasteiger charge is 2.55. The predicted octanol–water partition coefficient (Wildman–Crippen LogP) is 0.649. The molecule has 0 bridgehead atoms. The van der Waals surface area contributed by atoms with E-state index in [4.69, 9.17) is 14.2 Å². The largest absolute Gasteiger partial charge is 0.491 e. The minimum absolute atomic E-state index is 0.00513. The average Bonchev–Trinajstić information content (AvgIpc) is 3.05. The van der Waals surface area contributed by atoms with Gasteiger partial charge in [-0.25, -0.2) is 0 Å². The van der Waals surface area contributed by atoms with E-state index < -0.39 is 37.0 Å². The molecule has 0 radical (unpaired) electrons. The molecule has 5 atom stereocenters. The lowest BCUT2D eigenvalue weighted by Crippen LogP contribution is -2.67. The molecule has 5 N–H and O–H groups in total. The first-order valence-corrected chi connectivity index (χ1v) is 11.0. The molecule has 0 spiro atoms. The van der Waals surface area contributed by atoms with E-state index in [1.807, 2.05) is 58.9 Å². The lowest BCUT2D eigenvalue weighted by Gasteiger charge is -2.43. The molecular formula is C23H34N2O8. The van der Waals surface area contributed by atoms with Crippen LogP contribution in [0.5, 0.6) is 11.6 Å². The average molecular weight is 467 g/mol. The van der Waals surface area contributed by atoms with Crippen LogP contribution in [0.2, 0.25) is 0 Å². The monoisotopic (exact) mass is 466 g/mol. The SMILES string of the molecule is Cc1c(Cc2ccc(OC(C)C)cc2)c(O[C@@]2(O)O[C@H](CO)[C@@H](O)[C@H](O)[C@H]2O)nn1C(C)C. The number of benzene rings is 1. The second kappa shape index (κ2) is 9.96. The fourth-order valence-corrected chi connectivity index (χ4v) is 3.82. The quantitative estimate of drug-likeness (QED) is 0.354. The molecule has 1 aromatic heterocycles. The standard InChI is InChI=1S/C23H34N2O8/c1-12(2)25-14(5)17(10-15-6-8-16(9-7-15)31-13(3)4)22(24-25)33-23(30)21(29)20(28)19(27)18(11-26)32-23/h6-9,12-13,18-21,26-30H,10-11H2,1-5H3/t18-,19-,20+,21-,23+/m1/s1. The van der Waals surface area contributed by atoms with Crippen molar-refractivity contribution in [3.8, 4) is 11.6 Å². The molecule has 1 aromatic carbocycles. The van der Waals surface area contributed by atoms with Gasteiger partial charge in [0.2, 0.25) is 5.88 Å². The van der Waals surface area contributed by atoms with Crippen LogP contribution in [0.1, 0.15) is 50.6 Å². The highest BCUT2D eigenvalue weighted by atomic mass is 16.8. The van der Waals surface area contributed by atoms with E-state index in [1.54, 1.807) is 4.68 Å². The first kappa shape index (κ1) is 25.4. The van der Waals surface area contributed by atoms with Gasteiger partial charge in [0.15, 0.2) is 6.10 Å². The van der Waals surface area contributed by atoms with Crippen molar-refractivity contribution < 1.29 is 39.7 Å². The number of hydrogen-bond donors (Lipinski definition) is 5. The summed E-state index contributed by atoms with van der Waals surface area (Å²) in [4.78, 5) is 0. The second-order valence-electron chi connectivity index (χ2n) is 8.89. The number of hydrogen-bond acceptors (Lipinski definition) is 9. The van der Waals surface area contributed by atoms with Gasteiger partial charge in [0, 0.05) is 23.7 Å². The fourth-order valence-electron chi connectivity index (χ4n) is 3.82. The van der Waals surface area contributed by atoms with Crippen LogP contribution in [-0.2, 0) is 11.2 Å². The number of ether oxygens (including phenoxy) is 3. The molecule has 0 saturated carbocycles. The molecule has 0 aliphatic carbocycles. The Balaban J connectivity index is 1.93. The summed E-state index contributed by atoms with van der Waals surface area (Å²) in [5.41, 5.74) is 2.37. The third-order valence-corrected chi connectivity index (χ3v) is 5.57. The Morgan fingerprint density at radius 2 is 1.73 bits per heavy atom. The summed E-state index contributed by atoms with van der Waals surface area (Å²) >= 11 is 0. The normalized spacial score (nSPS) is 27.9. The number of nitrogens with zero attached hydrogens (tertiary/aromatic N) is 2. The zero-order valence-electron chi connectivity index (χ0n) is 19.5. The number of aliphatic hydroxyl groups is 5. The molecule has 3 rings (SSSR count). The second-order valence-corrected chi connectivity index (χ2v) is 8.89. The van der Waals surface area contributed by atoms with E-state index in [0.29, 0.717) is 12.0 Å². The maximum Gasteiger partial charge on any atom is 0.356 e. The van der Waals surface area contributed by atoms with Gasteiger partial charge in [-0.3, -0.25) is 4.68 Å². The molecule has 2 aromatic rings. The van der Waals surface area contributed by atoms with Crippen LogP contribution < -0.4 is 9.47 Å². The van der Waals surface area contributed by atoms with Crippen LogP contribution in [0.4, 0.5) is 0 Å². The van der Waals surface area contributed by atoms with Crippen LogP contribution >= 0.6 is 0 Å². The summed E-state index contributed by atoms with van der Waals surface area (Å²) < 4.78 is 18.3. The topological polar surface area (TPSA) is 147 Å². The summed E-state index contributed by atoms with van der Waals surface area (Å²) in [5.74, 6) is -1.97. The number of aliphatic hydroxyl groups excluding tert-OH is 4. The molecule has 0 unspecified atom stereocenters. The van der Waals surface area contributed by atoms with Crippen LogP contribution in [-0.4, -0.2) is 78.4 Å². The summed E-state index contributed by atoms with van der Waals surface area (Å²) in [5, 5.41) is 55.2. The Morgan fingerprint density at radius 1 is 1.09 bits per heavy atom. The van der Waals surface area contributed by atoms with Gasteiger partial charge in [-0.1, -0.05) is 12.1 Å². The van der Waals surface area contributed by atoms with Crippen molar-refractivity contribution in [1.82, 2.24) is 9.78 Å². The van der Waals surface area contributed by atoms with Crippen molar-refractivity contribution in [2.75, 3.05) is 6.61 Å². The third kappa shape index (κ3) is 5.32. The number of rotatable bonds is 8. The minimum Gasteiger partial charge on any atom is -0.491 e. The Bertz CT molecular complexity index is 927. The Labute approximate surface area is 193 Å². The zero-order valence-corrected chi connectivity index (χ0v) is 19.5. The summed E-state index contributed by atoms with van der Waals surface area (Å²) in [6.45, 7) is 8.94. The van der Waals surface area contributed by atoms with Crippen molar-refractivity contribution in [3.05, 3.63) is 41.1 Å². The molecule has 2 heterocycles. The summed E-state index contributed by atoms with van der Waals surface area (Å²) in [6.07, 6.45) is -6.31. The molecule has 184 valence electrons. The Morgan fingerprint density at radius 3 is 2.27 bits per heavy atom. The fraction of sp³-hybridized carbons (Fsp3) is 0.609. The van der Waals surface area contributed by atoms with E-state index >= 15 is 0 Å². The van der Waals surface area contributed by atoms with Crippen LogP contribution in [0.15, 0.2) is 24.3 Å². The van der Waals surface area contributed by atoms with Gasteiger partial charge in [0.25, 0.3) is 0 Å². The molecule has 1 aliphatic heterocycles. The van der Waals surface area contributed by atoms with Crippen LogP contribution in [0.3, 0.4) is 0 Å². The molecule has 33 heavy (non-hydrogen) atoms. The van der Waals surface area contributed by atoms with E-state index in [0.717, 1.165) is 17.0 Å². The predicted molar refractivity (Wildman–Crippen MR) is 118 cm³/mol. The molecular weight excluding hydrogens is 432 g/mol. The molecule has 1 fully saturated rings. The van der Waals surface area contributed by atoms with Gasteiger partial charge >= 0.3 is 5.97 Å².